The van der Waals surface area contributed by atoms with Crippen LogP contribution in [0.25, 0.3) is 0 Å². The molecular weight excluding hydrogens is 342 g/mol. The van der Waals surface area contributed by atoms with Crippen LogP contribution in [0.1, 0.15) is 28.4 Å². The monoisotopic (exact) mass is 361 g/mol. The number of nitrogens with zero attached hydrogens (tertiary/aromatic N) is 1. The van der Waals surface area contributed by atoms with Crippen molar-refractivity contribution < 1.29 is 9.00 Å². The lowest BCUT2D eigenvalue weighted by Gasteiger charge is -2.02. The van der Waals surface area contributed by atoms with Crippen LogP contribution in [0.2, 0.25) is 0 Å². The fourth-order valence-corrected chi connectivity index (χ4v) is 5.32. The summed E-state index contributed by atoms with van der Waals surface area (Å²) in [6.45, 7) is 3.45. The lowest BCUT2D eigenvalue weighted by molar-refractivity contribution is 0.100. The Morgan fingerprint density at radius 1 is 1.29 bits per heavy atom. The van der Waals surface area contributed by atoms with E-state index in [1.54, 1.807) is 19.9 Å². The number of allylic oxidation sites excluding steroid dienone is 1. The highest BCUT2D eigenvalue weighted by Gasteiger charge is 2.23. The van der Waals surface area contributed by atoms with E-state index in [0.717, 1.165) is 16.9 Å². The number of aliphatic imine (C=N–C) groups is 1. The first kappa shape index (κ1) is 18.0. The van der Waals surface area contributed by atoms with Crippen molar-refractivity contribution in [1.29, 1.82) is 0 Å². The van der Waals surface area contributed by atoms with Crippen molar-refractivity contribution >= 4 is 43.5 Å². The molecule has 0 aliphatic carbocycles. The van der Waals surface area contributed by atoms with Crippen LogP contribution in [-0.4, -0.2) is 21.8 Å². The van der Waals surface area contributed by atoms with Crippen molar-refractivity contribution in [3.63, 3.8) is 0 Å². The van der Waals surface area contributed by atoms with Crippen LogP contribution in [-0.2, 0) is 9.52 Å². The van der Waals surface area contributed by atoms with Crippen LogP contribution < -0.4 is 11.5 Å². The van der Waals surface area contributed by atoms with E-state index in [-0.39, 0.29) is 11.4 Å². The van der Waals surface area contributed by atoms with Gasteiger partial charge >= 0.3 is 0 Å². The van der Waals surface area contributed by atoms with E-state index in [1.165, 1.54) is 5.41 Å². The highest BCUT2D eigenvalue weighted by atomic mass is 32.2. The van der Waals surface area contributed by atoms with Gasteiger partial charge in [0.05, 0.1) is 9.77 Å². The van der Waals surface area contributed by atoms with Crippen LogP contribution >= 0.6 is 11.3 Å². The Labute approximate surface area is 145 Å². The molecule has 2 aromatic rings. The number of hydrogen-bond acceptors (Lipinski definition) is 4. The molecule has 1 atom stereocenters. The largest absolute Gasteiger partial charge is 0.383 e. The highest BCUT2D eigenvalue weighted by molar-refractivity contribution is 8.04. The van der Waals surface area contributed by atoms with Crippen molar-refractivity contribution in [2.24, 2.45) is 16.5 Å². The smallest absolute Gasteiger partial charge is 0.252 e. The maximum absolute atomic E-state index is 12.7. The highest BCUT2D eigenvalue weighted by Crippen LogP contribution is 2.39. The van der Waals surface area contributed by atoms with Crippen molar-refractivity contribution in [2.45, 2.75) is 18.1 Å². The van der Waals surface area contributed by atoms with Crippen LogP contribution in [0.4, 0.5) is 5.00 Å². The van der Waals surface area contributed by atoms with Gasteiger partial charge in [-0.15, -0.1) is 11.3 Å². The zero-order chi connectivity index (χ0) is 17.9. The standard InChI is InChI=1S/C17H19N3O2S2/c1-4-10-24(3,22)17-11(2)13(15(19)21)16(23-17)20-14(18)12-8-6-5-7-9-12/h4-10H,3H2,1-2H3,(H2,18,20)(H2,19,21). The summed E-state index contributed by atoms with van der Waals surface area (Å²) < 4.78 is 13.2. The third-order valence-electron chi connectivity index (χ3n) is 3.29. The molecule has 0 aliphatic rings. The van der Waals surface area contributed by atoms with E-state index in [4.69, 9.17) is 11.5 Å². The lowest BCUT2D eigenvalue weighted by atomic mass is 10.2. The van der Waals surface area contributed by atoms with E-state index < -0.39 is 15.4 Å². The number of rotatable bonds is 5. The summed E-state index contributed by atoms with van der Waals surface area (Å²) in [5, 5.41) is 1.86. The summed E-state index contributed by atoms with van der Waals surface area (Å²) in [5.41, 5.74) is 13.0. The minimum atomic E-state index is -2.66. The van der Waals surface area contributed by atoms with E-state index >= 15 is 0 Å². The average Bonchev–Trinajstić information content (AvgIpc) is 2.85. The molecule has 1 heterocycles. The first-order valence-corrected chi connectivity index (χ1v) is 9.71. The maximum Gasteiger partial charge on any atom is 0.252 e. The Bertz CT molecular complexity index is 924. The van der Waals surface area contributed by atoms with Gasteiger partial charge in [-0.2, -0.15) is 0 Å². The fraction of sp³-hybridized carbons (Fsp3) is 0.118. The van der Waals surface area contributed by atoms with Crippen LogP contribution in [0, 0.1) is 6.92 Å². The van der Waals surface area contributed by atoms with Crippen molar-refractivity contribution in [3.05, 3.63) is 58.5 Å². The Morgan fingerprint density at radius 2 is 1.92 bits per heavy atom. The first-order chi connectivity index (χ1) is 11.3. The number of amidine groups is 1. The molecule has 0 saturated carbocycles. The SMILES string of the molecule is C=S(=O)(C=CC)c1sc(N=C(N)c2ccccc2)c(C(N)=O)c1C. The second-order valence-corrected chi connectivity index (χ2v) is 8.51. The fourth-order valence-electron chi connectivity index (χ4n) is 2.24. The quantitative estimate of drug-likeness (QED) is 0.487. The normalized spacial score (nSPS) is 14.7. The summed E-state index contributed by atoms with van der Waals surface area (Å²) >= 11 is 1.13. The Hall–Kier alpha value is -2.38. The van der Waals surface area contributed by atoms with Crippen molar-refractivity contribution in [3.8, 4) is 0 Å². The van der Waals surface area contributed by atoms with Crippen molar-refractivity contribution in [2.75, 3.05) is 0 Å². The summed E-state index contributed by atoms with van der Waals surface area (Å²) in [5.74, 6) is 3.38. The Kier molecular flexibility index (Phi) is 5.26. The molecule has 0 saturated heterocycles. The molecule has 5 nitrogen and oxygen atoms in total. The summed E-state index contributed by atoms with van der Waals surface area (Å²) in [4.78, 5) is 16.2. The first-order valence-electron chi connectivity index (χ1n) is 7.10. The molecule has 4 N–H and O–H groups in total. The molecule has 2 rings (SSSR count). The van der Waals surface area contributed by atoms with Gasteiger partial charge in [-0.1, -0.05) is 36.4 Å². The van der Waals surface area contributed by atoms with E-state index in [9.17, 15) is 9.00 Å². The number of primary amides is 1. The molecule has 126 valence electrons. The van der Waals surface area contributed by atoms with Gasteiger partial charge in [0.15, 0.2) is 0 Å². The number of amides is 1. The maximum atomic E-state index is 12.7. The molecule has 0 spiro atoms. The van der Waals surface area contributed by atoms with E-state index in [2.05, 4.69) is 10.9 Å². The average molecular weight is 361 g/mol. The summed E-state index contributed by atoms with van der Waals surface area (Å²) in [7, 11) is -2.66. The molecule has 0 aliphatic heterocycles. The number of thiophene rings is 1. The molecule has 1 aromatic heterocycles. The zero-order valence-corrected chi connectivity index (χ0v) is 15.1. The molecule has 1 unspecified atom stereocenters. The van der Waals surface area contributed by atoms with Gasteiger partial charge in [-0.3, -0.25) is 9.00 Å². The number of nitrogens with two attached hydrogens (primary N) is 2. The number of carbonyl (C=O) groups excluding carboxylic acids is 1. The van der Waals surface area contributed by atoms with Gasteiger partial charge in [0.2, 0.25) is 0 Å². The summed E-state index contributed by atoms with van der Waals surface area (Å²) in [6.07, 6.45) is 1.67. The van der Waals surface area contributed by atoms with Crippen molar-refractivity contribution in [1.82, 2.24) is 0 Å². The summed E-state index contributed by atoms with van der Waals surface area (Å²) in [6, 6.07) is 9.18. The van der Waals surface area contributed by atoms with Gasteiger partial charge in [-0.25, -0.2) is 4.99 Å². The molecule has 1 amide bonds. The van der Waals surface area contributed by atoms with E-state index in [1.807, 2.05) is 30.3 Å². The van der Waals surface area contributed by atoms with Gasteiger partial charge in [0.1, 0.15) is 10.8 Å². The molecule has 0 fully saturated rings. The van der Waals surface area contributed by atoms with Crippen LogP contribution in [0.5, 0.6) is 0 Å². The van der Waals surface area contributed by atoms with Gasteiger partial charge in [0, 0.05) is 15.1 Å². The third-order valence-corrected chi connectivity index (χ3v) is 7.01. The molecular formula is C17H19N3O2S2. The van der Waals surface area contributed by atoms with Crippen LogP contribution in [0.15, 0.2) is 51.0 Å². The minimum absolute atomic E-state index is 0.231. The molecule has 24 heavy (non-hydrogen) atoms. The predicted molar refractivity (Wildman–Crippen MR) is 103 cm³/mol. The molecule has 0 radical (unpaired) electrons. The number of benzene rings is 1. The van der Waals surface area contributed by atoms with Gasteiger partial charge in [-0.05, 0) is 30.7 Å². The second kappa shape index (κ2) is 7.02. The number of carbonyl (C=O) groups is 1. The minimum Gasteiger partial charge on any atom is -0.383 e. The molecule has 0 bridgehead atoms. The van der Waals surface area contributed by atoms with Gasteiger partial charge in [0.25, 0.3) is 5.91 Å². The lowest BCUT2D eigenvalue weighted by Crippen LogP contribution is -2.14. The Balaban J connectivity index is 2.65. The predicted octanol–water partition coefficient (Wildman–Crippen LogP) is 2.80. The molecule has 1 aromatic carbocycles. The van der Waals surface area contributed by atoms with Gasteiger partial charge < -0.3 is 11.5 Å². The Morgan fingerprint density at radius 3 is 2.46 bits per heavy atom. The zero-order valence-electron chi connectivity index (χ0n) is 13.5. The molecule has 7 heteroatoms. The third kappa shape index (κ3) is 3.58. The van der Waals surface area contributed by atoms with Crippen LogP contribution in [0.3, 0.4) is 0 Å². The van der Waals surface area contributed by atoms with E-state index in [0.29, 0.717) is 14.8 Å². The topological polar surface area (TPSA) is 98.5 Å². The number of hydrogen-bond donors (Lipinski definition) is 2. The second-order valence-electron chi connectivity index (χ2n) is 5.12.